The number of fused-ring (bicyclic) bond motifs is 7. The summed E-state index contributed by atoms with van der Waals surface area (Å²) in [6.45, 7) is 22.7. The van der Waals surface area contributed by atoms with Crippen LogP contribution in [-0.2, 0) is 37.3 Å². The molecule has 1 aliphatic rings. The first-order chi connectivity index (χ1) is 37.5. The van der Waals surface area contributed by atoms with Crippen molar-refractivity contribution in [3.63, 3.8) is 0 Å². The van der Waals surface area contributed by atoms with Gasteiger partial charge in [-0.3, -0.25) is 0 Å². The summed E-state index contributed by atoms with van der Waals surface area (Å²) in [5, 5.41) is 4.62. The van der Waals surface area contributed by atoms with E-state index >= 15 is 0 Å². The summed E-state index contributed by atoms with van der Waals surface area (Å²) in [5.74, 6) is 1.99. The van der Waals surface area contributed by atoms with Crippen LogP contribution >= 0.6 is 0 Å². The number of pyridine rings is 1. The van der Waals surface area contributed by atoms with E-state index in [1.54, 1.807) is 0 Å². The monoisotopic (exact) mass is 1210 g/mol. The Balaban J connectivity index is 0.00000623. The Hall–Kier alpha value is -8.18. The Morgan fingerprint density at radius 1 is 0.430 bits per heavy atom. The molecule has 0 atom stereocenters. The van der Waals surface area contributed by atoms with Gasteiger partial charge in [-0.1, -0.05) is 171 Å². The predicted octanol–water partition coefficient (Wildman–Crippen LogP) is 19.3. The topological polar surface area (TPSA) is 38.5 Å². The van der Waals surface area contributed by atoms with E-state index in [1.165, 1.54) is 49.6 Å². The second kappa shape index (κ2) is 19.6. The van der Waals surface area contributed by atoms with Crippen molar-refractivity contribution in [2.75, 3.05) is 9.80 Å². The standard InChI is InChI=1S/C72H62N5O.Pt/c1-70(2,3)50-36-37-73-68(42-50)77-65-35-32-54(76-63-29-15-13-26-59(63)60-27-14-16-30-64(60)76)44-62(65)61-34-33-57(45-67(61)77)78-56-25-18-24-53(43-56)74-46-75(55-40-51(71(4,5)6)39-52(41-55)72(7,8)9)69-58(28-19-31-66(69)74)49-23-17-22-48(38-49)47-20-11-10-12-21-47;/h10-42,44,46H,1-9H3;/q-3;. The Morgan fingerprint density at radius 3 is 1.76 bits per heavy atom. The minimum Gasteiger partial charge on any atom is -0.509 e. The maximum absolute atomic E-state index is 6.88. The van der Waals surface area contributed by atoms with Crippen molar-refractivity contribution < 1.29 is 25.8 Å². The number of rotatable bonds is 8. The van der Waals surface area contributed by atoms with Gasteiger partial charge in [-0.2, -0.15) is 12.1 Å². The molecule has 0 saturated heterocycles. The first-order valence-corrected chi connectivity index (χ1v) is 27.1. The number of aromatic nitrogens is 3. The molecule has 0 spiro atoms. The molecule has 0 radical (unpaired) electrons. The van der Waals surface area contributed by atoms with Crippen molar-refractivity contribution in [1.82, 2.24) is 14.1 Å². The molecule has 7 heteroatoms. The summed E-state index contributed by atoms with van der Waals surface area (Å²) in [6, 6.07) is 79.5. The molecule has 0 fully saturated rings. The van der Waals surface area contributed by atoms with Gasteiger partial charge < -0.3 is 23.7 Å². The van der Waals surface area contributed by atoms with Gasteiger partial charge in [0.2, 0.25) is 0 Å². The summed E-state index contributed by atoms with van der Waals surface area (Å²) in [5.41, 5.74) is 17.7. The predicted molar refractivity (Wildman–Crippen MR) is 326 cm³/mol. The molecule has 1 aliphatic heterocycles. The smallest absolute Gasteiger partial charge is 0.135 e. The van der Waals surface area contributed by atoms with Crippen molar-refractivity contribution in [1.29, 1.82) is 0 Å². The van der Waals surface area contributed by atoms with E-state index in [0.29, 0.717) is 11.5 Å². The third kappa shape index (κ3) is 9.30. The summed E-state index contributed by atoms with van der Waals surface area (Å²) in [6.07, 6.45) is 1.92. The molecule has 4 heterocycles. The third-order valence-electron chi connectivity index (χ3n) is 15.5. The molecule has 12 aromatic rings. The summed E-state index contributed by atoms with van der Waals surface area (Å²) < 4.78 is 11.5. The molecule has 13 rings (SSSR count). The number of ether oxygens (including phenoxy) is 1. The Bertz CT molecular complexity index is 4210. The van der Waals surface area contributed by atoms with Crippen LogP contribution in [0.3, 0.4) is 0 Å². The fraction of sp³-hybridized carbons (Fsp3) is 0.167. The minimum atomic E-state index is -0.0792. The van der Waals surface area contributed by atoms with Crippen molar-refractivity contribution in [3.05, 3.63) is 242 Å². The number of hydrogen-bond acceptors (Lipinski definition) is 4. The fourth-order valence-corrected chi connectivity index (χ4v) is 11.3. The Kier molecular flexibility index (Phi) is 12.8. The normalized spacial score (nSPS) is 12.9. The van der Waals surface area contributed by atoms with Crippen LogP contribution in [0.25, 0.3) is 77.4 Å². The molecule has 0 saturated carbocycles. The SMILES string of the molecule is CC(C)(C)c1cc(N2[CH-]N(c3[c-]c(Oc4[c-]c5c(cc4)c4cc(-n6c7ccccc7c7ccccc76)ccc4n5-c4cc(C(C)(C)C)ccn4)ccc3)c3cccc(-c4cccc(-c5ccccc5)c4)c32)cc(C(C)(C)C)c1.[Pt]. The van der Waals surface area contributed by atoms with E-state index < -0.39 is 0 Å². The van der Waals surface area contributed by atoms with Gasteiger partial charge in [0.05, 0.1) is 11.0 Å². The second-order valence-corrected chi connectivity index (χ2v) is 23.9. The van der Waals surface area contributed by atoms with Crippen LogP contribution in [0.1, 0.15) is 79.0 Å². The van der Waals surface area contributed by atoms with Crippen LogP contribution in [0.5, 0.6) is 11.5 Å². The fourth-order valence-electron chi connectivity index (χ4n) is 11.3. The van der Waals surface area contributed by atoms with Gasteiger partial charge in [-0.15, -0.1) is 48.1 Å². The van der Waals surface area contributed by atoms with Gasteiger partial charge in [0.25, 0.3) is 0 Å². The zero-order valence-corrected chi connectivity index (χ0v) is 48.4. The van der Waals surface area contributed by atoms with Crippen molar-refractivity contribution in [3.8, 4) is 45.3 Å². The van der Waals surface area contributed by atoms with Gasteiger partial charge in [0.1, 0.15) is 5.82 Å². The first kappa shape index (κ1) is 51.6. The average molecular weight is 1210 g/mol. The zero-order valence-electron chi connectivity index (χ0n) is 46.2. The summed E-state index contributed by atoms with van der Waals surface area (Å²) in [4.78, 5) is 9.65. The van der Waals surface area contributed by atoms with E-state index in [0.717, 1.165) is 67.2 Å². The molecule has 0 N–H and O–H groups in total. The second-order valence-electron chi connectivity index (χ2n) is 23.9. The number of hydrogen-bond donors (Lipinski definition) is 0. The first-order valence-electron chi connectivity index (χ1n) is 27.1. The van der Waals surface area contributed by atoms with Crippen LogP contribution in [-0.4, -0.2) is 14.1 Å². The molecule has 0 aliphatic carbocycles. The maximum atomic E-state index is 6.88. The quantitative estimate of drug-likeness (QED) is 0.142. The van der Waals surface area contributed by atoms with Crippen LogP contribution < -0.4 is 14.5 Å². The summed E-state index contributed by atoms with van der Waals surface area (Å²) >= 11 is 0. The molecule has 3 aromatic heterocycles. The van der Waals surface area contributed by atoms with E-state index in [1.807, 2.05) is 18.3 Å². The van der Waals surface area contributed by atoms with Crippen LogP contribution in [0, 0.1) is 18.8 Å². The maximum Gasteiger partial charge on any atom is 0.135 e. The van der Waals surface area contributed by atoms with Crippen LogP contribution in [0.2, 0.25) is 0 Å². The molecular weight excluding hydrogens is 1150 g/mol. The molecule has 79 heavy (non-hydrogen) atoms. The molecule has 6 nitrogen and oxygen atoms in total. The number of para-hydroxylation sites is 3. The number of anilines is 4. The van der Waals surface area contributed by atoms with E-state index in [4.69, 9.17) is 9.72 Å². The Labute approximate surface area is 478 Å². The van der Waals surface area contributed by atoms with Gasteiger partial charge in [0.15, 0.2) is 0 Å². The number of nitrogens with zero attached hydrogens (tertiary/aromatic N) is 5. The Morgan fingerprint density at radius 2 is 1.05 bits per heavy atom. The van der Waals surface area contributed by atoms with Crippen LogP contribution in [0.15, 0.2) is 206 Å². The van der Waals surface area contributed by atoms with Crippen molar-refractivity contribution in [2.45, 2.75) is 78.6 Å². The third-order valence-corrected chi connectivity index (χ3v) is 15.5. The molecule has 0 unspecified atom stereocenters. The minimum absolute atomic E-state index is 0. The van der Waals surface area contributed by atoms with Gasteiger partial charge in [-0.05, 0) is 122 Å². The molecule has 0 amide bonds. The van der Waals surface area contributed by atoms with E-state index in [-0.39, 0.29) is 37.3 Å². The van der Waals surface area contributed by atoms with Gasteiger partial charge >= 0.3 is 0 Å². The van der Waals surface area contributed by atoms with Gasteiger partial charge in [-0.25, -0.2) is 4.98 Å². The number of benzene rings is 9. The largest absolute Gasteiger partial charge is 0.509 e. The molecule has 0 bridgehead atoms. The zero-order chi connectivity index (χ0) is 53.7. The van der Waals surface area contributed by atoms with E-state index in [9.17, 15) is 0 Å². The van der Waals surface area contributed by atoms with Gasteiger partial charge in [0, 0.05) is 83.4 Å². The van der Waals surface area contributed by atoms with Crippen LogP contribution in [0.4, 0.5) is 22.7 Å². The van der Waals surface area contributed by atoms with Crippen molar-refractivity contribution >= 4 is 66.4 Å². The molecule has 394 valence electrons. The van der Waals surface area contributed by atoms with E-state index in [2.05, 4.69) is 288 Å². The molecular formula is C72H62N5OPt-3. The summed E-state index contributed by atoms with van der Waals surface area (Å²) in [7, 11) is 0. The molecule has 9 aromatic carbocycles. The average Bonchev–Trinajstić information content (AvgIpc) is 4.25. The van der Waals surface area contributed by atoms with Crippen molar-refractivity contribution in [2.24, 2.45) is 0 Å².